The Balaban J connectivity index is 0.000000438. The molecule has 3 N–H and O–H groups in total. The van der Waals surface area contributed by atoms with Gasteiger partial charge >= 0.3 is 11.9 Å². The fourth-order valence-corrected chi connectivity index (χ4v) is 3.58. The smallest absolute Gasteiger partial charge is 0.414 e. The largest absolute Gasteiger partial charge is 0.473 e. The van der Waals surface area contributed by atoms with E-state index in [4.69, 9.17) is 36.1 Å². The normalized spacial score (nSPS) is 19.8. The quantitative estimate of drug-likeness (QED) is 0.616. The Morgan fingerprint density at radius 1 is 1.10 bits per heavy atom. The van der Waals surface area contributed by atoms with Crippen LogP contribution in [-0.2, 0) is 25.7 Å². The minimum atomic E-state index is -1.82. The average molecular weight is 427 g/mol. The number of halogens is 1. The summed E-state index contributed by atoms with van der Waals surface area (Å²) in [5.74, 6) is -3.32. The number of piperidine rings is 1. The Bertz CT molecular complexity index is 688. The number of likely N-dealkylation sites (tertiary alicyclic amines) is 1. The fraction of sp³-hybridized carbons (Fsp3) is 0.550. The van der Waals surface area contributed by atoms with Crippen molar-refractivity contribution in [2.75, 3.05) is 26.2 Å². The highest BCUT2D eigenvalue weighted by Crippen LogP contribution is 2.22. The van der Waals surface area contributed by atoms with Crippen LogP contribution >= 0.6 is 11.6 Å². The first kappa shape index (κ1) is 23.1. The number of carbonyl (C=O) groups excluding carboxylic acids is 1. The van der Waals surface area contributed by atoms with Crippen LogP contribution in [-0.4, -0.2) is 65.3 Å². The Hall–Kier alpha value is -2.16. The number of rotatable bonds is 5. The van der Waals surface area contributed by atoms with Crippen molar-refractivity contribution in [1.82, 2.24) is 10.2 Å². The Kier molecular flexibility index (Phi) is 9.37. The minimum Gasteiger partial charge on any atom is -0.473 e. The maximum Gasteiger partial charge on any atom is 0.414 e. The van der Waals surface area contributed by atoms with Crippen molar-refractivity contribution in [2.45, 2.75) is 38.3 Å². The summed E-state index contributed by atoms with van der Waals surface area (Å²) in [7, 11) is 0. The predicted octanol–water partition coefficient (Wildman–Crippen LogP) is 2.00. The third kappa shape index (κ3) is 8.00. The van der Waals surface area contributed by atoms with Gasteiger partial charge in [-0.1, -0.05) is 29.8 Å². The van der Waals surface area contributed by atoms with Gasteiger partial charge in [0.05, 0.1) is 6.10 Å². The zero-order chi connectivity index (χ0) is 21.2. The molecule has 1 aromatic carbocycles. The van der Waals surface area contributed by atoms with E-state index in [-0.39, 0.29) is 17.9 Å². The van der Waals surface area contributed by atoms with Crippen LogP contribution in [0.4, 0.5) is 0 Å². The molecule has 0 spiro atoms. The van der Waals surface area contributed by atoms with E-state index in [0.717, 1.165) is 62.5 Å². The number of amides is 1. The molecule has 0 bridgehead atoms. The van der Waals surface area contributed by atoms with Gasteiger partial charge in [0.25, 0.3) is 0 Å². The molecule has 1 aromatic rings. The number of carboxylic acids is 2. The molecule has 2 aliphatic heterocycles. The van der Waals surface area contributed by atoms with Crippen LogP contribution < -0.4 is 5.32 Å². The van der Waals surface area contributed by atoms with Crippen molar-refractivity contribution >= 4 is 29.4 Å². The molecule has 160 valence electrons. The van der Waals surface area contributed by atoms with Crippen molar-refractivity contribution in [3.8, 4) is 0 Å². The van der Waals surface area contributed by atoms with Crippen LogP contribution in [0.5, 0.6) is 0 Å². The molecule has 2 aliphatic rings. The van der Waals surface area contributed by atoms with E-state index < -0.39 is 11.9 Å². The number of hydrogen-bond donors (Lipinski definition) is 3. The lowest BCUT2D eigenvalue weighted by molar-refractivity contribution is -0.159. The van der Waals surface area contributed by atoms with E-state index >= 15 is 0 Å². The van der Waals surface area contributed by atoms with Gasteiger partial charge in [-0.25, -0.2) is 9.59 Å². The number of ether oxygens (including phenoxy) is 1. The van der Waals surface area contributed by atoms with Crippen molar-refractivity contribution in [3.05, 3.63) is 34.9 Å². The number of carboxylic acid groups (broad SMARTS) is 2. The highest BCUT2D eigenvalue weighted by molar-refractivity contribution is 6.31. The van der Waals surface area contributed by atoms with Crippen molar-refractivity contribution in [3.63, 3.8) is 0 Å². The second-order valence-corrected chi connectivity index (χ2v) is 7.54. The molecule has 8 nitrogen and oxygen atoms in total. The standard InChI is InChI=1S/C18H25ClN2O2.C2H2O4/c19-17-6-2-1-4-15(17)13-21-9-7-14(8-10-21)18(22)20-12-16-5-3-11-23-16;3-1(4)2(5)6/h1-2,4,6,14,16H,3,5,7-13H2,(H,20,22);(H,3,4)(H,5,6). The molecule has 2 heterocycles. The summed E-state index contributed by atoms with van der Waals surface area (Å²) in [5.41, 5.74) is 1.16. The molecule has 0 saturated carbocycles. The molecule has 1 unspecified atom stereocenters. The molecule has 29 heavy (non-hydrogen) atoms. The van der Waals surface area contributed by atoms with Crippen LogP contribution in [0.15, 0.2) is 24.3 Å². The molecule has 1 amide bonds. The van der Waals surface area contributed by atoms with Gasteiger partial charge in [0.15, 0.2) is 0 Å². The van der Waals surface area contributed by atoms with Crippen molar-refractivity contribution in [1.29, 1.82) is 0 Å². The van der Waals surface area contributed by atoms with Crippen LogP contribution in [0.25, 0.3) is 0 Å². The third-order valence-electron chi connectivity index (χ3n) is 5.02. The molecular weight excluding hydrogens is 400 g/mol. The molecule has 2 saturated heterocycles. The average Bonchev–Trinajstić information content (AvgIpc) is 3.22. The van der Waals surface area contributed by atoms with E-state index in [1.165, 1.54) is 0 Å². The van der Waals surface area contributed by atoms with Crippen LogP contribution in [0, 0.1) is 5.92 Å². The fourth-order valence-electron chi connectivity index (χ4n) is 3.38. The lowest BCUT2D eigenvalue weighted by atomic mass is 9.95. The zero-order valence-corrected chi connectivity index (χ0v) is 16.9. The molecule has 0 aliphatic carbocycles. The monoisotopic (exact) mass is 426 g/mol. The summed E-state index contributed by atoms with van der Waals surface area (Å²) < 4.78 is 5.55. The molecule has 2 fully saturated rings. The van der Waals surface area contributed by atoms with Crippen molar-refractivity contribution in [2.24, 2.45) is 5.92 Å². The predicted molar refractivity (Wildman–Crippen MR) is 107 cm³/mol. The van der Waals surface area contributed by atoms with Gasteiger partial charge in [-0.05, 0) is 50.4 Å². The van der Waals surface area contributed by atoms with E-state index in [9.17, 15) is 4.79 Å². The topological polar surface area (TPSA) is 116 Å². The van der Waals surface area contributed by atoms with Gasteiger partial charge in [-0.2, -0.15) is 0 Å². The molecule has 3 rings (SSSR count). The number of nitrogens with zero attached hydrogens (tertiary/aromatic N) is 1. The van der Waals surface area contributed by atoms with Gasteiger partial charge in [0.1, 0.15) is 0 Å². The molecule has 0 radical (unpaired) electrons. The minimum absolute atomic E-state index is 0.138. The van der Waals surface area contributed by atoms with Gasteiger partial charge < -0.3 is 20.3 Å². The Labute approximate surface area is 174 Å². The first-order chi connectivity index (χ1) is 13.9. The summed E-state index contributed by atoms with van der Waals surface area (Å²) in [6.07, 6.45) is 4.24. The van der Waals surface area contributed by atoms with E-state index in [1.807, 2.05) is 18.2 Å². The second-order valence-electron chi connectivity index (χ2n) is 7.13. The number of aliphatic carboxylic acids is 2. The first-order valence-corrected chi connectivity index (χ1v) is 10.1. The van der Waals surface area contributed by atoms with Gasteiger partial charge in [-0.15, -0.1) is 0 Å². The number of nitrogens with one attached hydrogen (secondary N) is 1. The summed E-state index contributed by atoms with van der Waals surface area (Å²) in [6, 6.07) is 7.98. The van der Waals surface area contributed by atoms with E-state index in [2.05, 4.69) is 16.3 Å². The Morgan fingerprint density at radius 2 is 1.76 bits per heavy atom. The molecule has 0 aromatic heterocycles. The molecule has 9 heteroatoms. The Morgan fingerprint density at radius 3 is 2.31 bits per heavy atom. The maximum atomic E-state index is 12.3. The molecule has 1 atom stereocenters. The number of benzene rings is 1. The summed E-state index contributed by atoms with van der Waals surface area (Å²) in [5, 5.41) is 18.7. The van der Waals surface area contributed by atoms with Gasteiger partial charge in [0.2, 0.25) is 5.91 Å². The SMILES string of the molecule is O=C(NCC1CCCO1)C1CCN(Cc2ccccc2Cl)CC1.O=C(O)C(=O)O. The number of carbonyl (C=O) groups is 3. The van der Waals surface area contributed by atoms with Crippen LogP contribution in [0.2, 0.25) is 5.02 Å². The lowest BCUT2D eigenvalue weighted by Gasteiger charge is -2.31. The summed E-state index contributed by atoms with van der Waals surface area (Å²) >= 11 is 6.22. The van der Waals surface area contributed by atoms with E-state index in [0.29, 0.717) is 6.54 Å². The molecular formula is C20H27ClN2O6. The summed E-state index contributed by atoms with van der Waals surface area (Å²) in [4.78, 5) is 32.8. The maximum absolute atomic E-state index is 12.3. The highest BCUT2D eigenvalue weighted by Gasteiger charge is 2.26. The lowest BCUT2D eigenvalue weighted by Crippen LogP contribution is -2.42. The van der Waals surface area contributed by atoms with Gasteiger partial charge in [-0.3, -0.25) is 9.69 Å². The first-order valence-electron chi connectivity index (χ1n) is 9.68. The van der Waals surface area contributed by atoms with Crippen molar-refractivity contribution < 1.29 is 29.3 Å². The summed E-state index contributed by atoms with van der Waals surface area (Å²) in [6.45, 7) is 4.26. The van der Waals surface area contributed by atoms with E-state index in [1.54, 1.807) is 0 Å². The van der Waals surface area contributed by atoms with Gasteiger partial charge in [0, 0.05) is 30.6 Å². The highest BCUT2D eigenvalue weighted by atomic mass is 35.5. The number of hydrogen-bond acceptors (Lipinski definition) is 5. The zero-order valence-electron chi connectivity index (χ0n) is 16.2. The van der Waals surface area contributed by atoms with Crippen LogP contribution in [0.3, 0.4) is 0 Å². The second kappa shape index (κ2) is 11.7. The third-order valence-corrected chi connectivity index (χ3v) is 5.39. The van der Waals surface area contributed by atoms with Crippen LogP contribution in [0.1, 0.15) is 31.2 Å².